The third-order valence-corrected chi connectivity index (χ3v) is 3.90. The van der Waals surface area contributed by atoms with E-state index in [0.717, 1.165) is 36.0 Å². The van der Waals surface area contributed by atoms with Crippen LogP contribution in [0.4, 0.5) is 4.39 Å². The van der Waals surface area contributed by atoms with Crippen molar-refractivity contribution in [3.05, 3.63) is 34.1 Å². The van der Waals surface area contributed by atoms with Gasteiger partial charge in [0.1, 0.15) is 11.6 Å². The lowest BCUT2D eigenvalue weighted by atomic mass is 9.91. The molecule has 92 valence electrons. The molecule has 0 aliphatic carbocycles. The van der Waals surface area contributed by atoms with Crippen LogP contribution in [0.3, 0.4) is 0 Å². The Kier molecular flexibility index (Phi) is 4.29. The minimum atomic E-state index is -0.294. The van der Waals surface area contributed by atoms with Gasteiger partial charge in [-0.15, -0.1) is 0 Å². The molecule has 4 heteroatoms. The van der Waals surface area contributed by atoms with Crippen molar-refractivity contribution in [3.8, 4) is 0 Å². The van der Waals surface area contributed by atoms with E-state index in [2.05, 4.69) is 21.2 Å². The number of benzene rings is 1. The number of rotatable bonds is 3. The average molecular weight is 300 g/mol. The molecule has 0 radical (unpaired) electrons. The van der Waals surface area contributed by atoms with Crippen molar-refractivity contribution in [2.24, 2.45) is 5.92 Å². The fourth-order valence-corrected chi connectivity index (χ4v) is 2.52. The summed E-state index contributed by atoms with van der Waals surface area (Å²) >= 11 is 3.35. The summed E-state index contributed by atoms with van der Waals surface area (Å²) in [7, 11) is 0. The van der Waals surface area contributed by atoms with Gasteiger partial charge in [0.05, 0.1) is 0 Å². The van der Waals surface area contributed by atoms with Crippen LogP contribution in [0.5, 0.6) is 0 Å². The van der Waals surface area contributed by atoms with E-state index < -0.39 is 0 Å². The van der Waals surface area contributed by atoms with Gasteiger partial charge in [-0.3, -0.25) is 4.79 Å². The predicted octanol–water partition coefficient (Wildman–Crippen LogP) is 2.70. The summed E-state index contributed by atoms with van der Waals surface area (Å²) in [5.41, 5.74) is 0.737. The van der Waals surface area contributed by atoms with Gasteiger partial charge in [0.2, 0.25) is 0 Å². The van der Waals surface area contributed by atoms with Crippen molar-refractivity contribution < 1.29 is 9.18 Å². The van der Waals surface area contributed by atoms with Crippen LogP contribution in [0.1, 0.15) is 18.4 Å². The molecule has 2 rings (SSSR count). The van der Waals surface area contributed by atoms with Crippen LogP contribution in [0.15, 0.2) is 22.7 Å². The van der Waals surface area contributed by atoms with Crippen molar-refractivity contribution >= 4 is 21.7 Å². The molecular weight excluding hydrogens is 285 g/mol. The molecular formula is C13H15BrFNO. The molecule has 2 nitrogen and oxygen atoms in total. The summed E-state index contributed by atoms with van der Waals surface area (Å²) in [6.45, 7) is 1.75. The van der Waals surface area contributed by atoms with Gasteiger partial charge in [-0.1, -0.05) is 15.9 Å². The molecule has 0 bridgehead atoms. The standard InChI is InChI=1S/C13H15BrFNO/c14-12-4-3-11(15)6-10(12)7-13(17)9-2-1-5-16-8-9/h3-4,6,9,16H,1-2,5,7-8H2. The van der Waals surface area contributed by atoms with Crippen molar-refractivity contribution in [2.75, 3.05) is 13.1 Å². The van der Waals surface area contributed by atoms with E-state index in [4.69, 9.17) is 0 Å². The quantitative estimate of drug-likeness (QED) is 0.930. The fourth-order valence-electron chi connectivity index (χ4n) is 2.14. The maximum Gasteiger partial charge on any atom is 0.141 e. The second-order valence-electron chi connectivity index (χ2n) is 4.42. The van der Waals surface area contributed by atoms with Gasteiger partial charge in [0.25, 0.3) is 0 Å². The van der Waals surface area contributed by atoms with Crippen molar-refractivity contribution in [1.29, 1.82) is 0 Å². The topological polar surface area (TPSA) is 29.1 Å². The molecule has 17 heavy (non-hydrogen) atoms. The molecule has 1 aliphatic rings. The predicted molar refractivity (Wildman–Crippen MR) is 68.4 cm³/mol. The van der Waals surface area contributed by atoms with E-state index in [1.807, 2.05) is 0 Å². The molecule has 1 fully saturated rings. The Bertz CT molecular complexity index is 416. The van der Waals surface area contributed by atoms with Crippen LogP contribution in [0.25, 0.3) is 0 Å². The van der Waals surface area contributed by atoms with Gasteiger partial charge in [0, 0.05) is 23.4 Å². The first kappa shape index (κ1) is 12.7. The molecule has 0 aromatic heterocycles. The number of carbonyl (C=O) groups excluding carboxylic acids is 1. The number of Topliss-reactive ketones (excluding diaryl/α,β-unsaturated/α-hetero) is 1. The lowest BCUT2D eigenvalue weighted by molar-refractivity contribution is -0.122. The zero-order chi connectivity index (χ0) is 12.3. The van der Waals surface area contributed by atoms with E-state index in [-0.39, 0.29) is 17.5 Å². The zero-order valence-electron chi connectivity index (χ0n) is 9.51. The number of carbonyl (C=O) groups is 1. The van der Waals surface area contributed by atoms with Crippen LogP contribution in [0.2, 0.25) is 0 Å². The minimum absolute atomic E-state index is 0.0823. The van der Waals surface area contributed by atoms with Crippen LogP contribution in [-0.4, -0.2) is 18.9 Å². The molecule has 1 saturated heterocycles. The fraction of sp³-hybridized carbons (Fsp3) is 0.462. The molecule has 1 atom stereocenters. The van der Waals surface area contributed by atoms with Gasteiger partial charge in [0.15, 0.2) is 0 Å². The Balaban J connectivity index is 2.04. The Morgan fingerprint density at radius 2 is 2.35 bits per heavy atom. The maximum atomic E-state index is 13.1. The summed E-state index contributed by atoms with van der Waals surface area (Å²) in [5, 5.41) is 3.22. The highest BCUT2D eigenvalue weighted by atomic mass is 79.9. The van der Waals surface area contributed by atoms with Gasteiger partial charge >= 0.3 is 0 Å². The van der Waals surface area contributed by atoms with Crippen LogP contribution in [0, 0.1) is 11.7 Å². The molecule has 0 amide bonds. The summed E-state index contributed by atoms with van der Waals surface area (Å²) < 4.78 is 13.9. The maximum absolute atomic E-state index is 13.1. The van der Waals surface area contributed by atoms with Crippen molar-refractivity contribution in [3.63, 3.8) is 0 Å². The Morgan fingerprint density at radius 1 is 1.53 bits per heavy atom. The largest absolute Gasteiger partial charge is 0.316 e. The van der Waals surface area contributed by atoms with E-state index in [9.17, 15) is 9.18 Å². The molecule has 1 aliphatic heterocycles. The zero-order valence-corrected chi connectivity index (χ0v) is 11.1. The molecule has 1 N–H and O–H groups in total. The number of hydrogen-bond donors (Lipinski definition) is 1. The highest BCUT2D eigenvalue weighted by Gasteiger charge is 2.21. The van der Waals surface area contributed by atoms with Crippen LogP contribution >= 0.6 is 15.9 Å². The van der Waals surface area contributed by atoms with Gasteiger partial charge in [-0.25, -0.2) is 4.39 Å². The molecule has 1 unspecified atom stereocenters. The van der Waals surface area contributed by atoms with Crippen LogP contribution < -0.4 is 5.32 Å². The van der Waals surface area contributed by atoms with E-state index in [1.54, 1.807) is 6.07 Å². The van der Waals surface area contributed by atoms with Crippen molar-refractivity contribution in [1.82, 2.24) is 5.32 Å². The first-order valence-electron chi connectivity index (χ1n) is 5.84. The summed E-state index contributed by atoms with van der Waals surface area (Å²) in [5.74, 6) is -0.0137. The molecule has 1 aromatic rings. The number of nitrogens with one attached hydrogen (secondary N) is 1. The van der Waals surface area contributed by atoms with E-state index >= 15 is 0 Å². The summed E-state index contributed by atoms with van der Waals surface area (Å²) in [6, 6.07) is 4.47. The first-order valence-corrected chi connectivity index (χ1v) is 6.63. The number of ketones is 1. The highest BCUT2D eigenvalue weighted by Crippen LogP contribution is 2.21. The number of hydrogen-bond acceptors (Lipinski definition) is 2. The van der Waals surface area contributed by atoms with E-state index in [1.165, 1.54) is 12.1 Å². The van der Waals surface area contributed by atoms with Gasteiger partial charge in [-0.05, 0) is 43.1 Å². The summed E-state index contributed by atoms with van der Waals surface area (Å²) in [4.78, 5) is 12.0. The van der Waals surface area contributed by atoms with Crippen LogP contribution in [-0.2, 0) is 11.2 Å². The molecule has 1 aromatic carbocycles. The van der Waals surface area contributed by atoms with Gasteiger partial charge < -0.3 is 5.32 Å². The highest BCUT2D eigenvalue weighted by molar-refractivity contribution is 9.10. The van der Waals surface area contributed by atoms with Crippen molar-refractivity contribution in [2.45, 2.75) is 19.3 Å². The smallest absolute Gasteiger partial charge is 0.141 e. The SMILES string of the molecule is O=C(Cc1cc(F)ccc1Br)C1CCCNC1. The normalized spacial score (nSPS) is 20.2. The Morgan fingerprint density at radius 3 is 3.06 bits per heavy atom. The lowest BCUT2D eigenvalue weighted by Gasteiger charge is -2.21. The molecule has 0 spiro atoms. The third kappa shape index (κ3) is 3.36. The second-order valence-corrected chi connectivity index (χ2v) is 5.28. The molecule has 1 heterocycles. The molecule has 0 saturated carbocycles. The average Bonchev–Trinajstić information content (AvgIpc) is 2.35. The first-order chi connectivity index (χ1) is 8.16. The Hall–Kier alpha value is -0.740. The third-order valence-electron chi connectivity index (χ3n) is 3.12. The monoisotopic (exact) mass is 299 g/mol. The van der Waals surface area contributed by atoms with Gasteiger partial charge in [-0.2, -0.15) is 0 Å². The van der Waals surface area contributed by atoms with E-state index in [0.29, 0.717) is 6.42 Å². The summed E-state index contributed by atoms with van der Waals surface area (Å²) in [6.07, 6.45) is 2.30. The minimum Gasteiger partial charge on any atom is -0.316 e. The second kappa shape index (κ2) is 5.74. The lowest BCUT2D eigenvalue weighted by Crippen LogP contribution is -2.35. The number of piperidine rings is 1. The number of halogens is 2. The Labute approximate surface area is 109 Å².